The van der Waals surface area contributed by atoms with Gasteiger partial charge in [0.05, 0.1) is 25.7 Å². The number of benzene rings is 3. The van der Waals surface area contributed by atoms with Gasteiger partial charge in [0, 0.05) is 10.6 Å². The van der Waals surface area contributed by atoms with Crippen molar-refractivity contribution in [3.8, 4) is 11.5 Å². The Bertz CT molecular complexity index is 1070. The third kappa shape index (κ3) is 5.76. The molecule has 3 aromatic rings. The fourth-order valence-electron chi connectivity index (χ4n) is 2.83. The van der Waals surface area contributed by atoms with Crippen LogP contribution in [-0.2, 0) is 4.79 Å². The number of thioether (sulfide) groups is 1. The van der Waals surface area contributed by atoms with E-state index in [1.54, 1.807) is 48.5 Å². The first-order valence-corrected chi connectivity index (χ1v) is 10.3. The van der Waals surface area contributed by atoms with Gasteiger partial charge >= 0.3 is 0 Å². The summed E-state index contributed by atoms with van der Waals surface area (Å²) in [5, 5.41) is 5.36. The predicted octanol–water partition coefficient (Wildman–Crippen LogP) is 4.83. The summed E-state index contributed by atoms with van der Waals surface area (Å²) in [5.41, 5.74) is 0.979. The van der Waals surface area contributed by atoms with Gasteiger partial charge in [-0.2, -0.15) is 0 Å². The molecular formula is C23H21FN2O4S. The number of ether oxygens (including phenoxy) is 2. The van der Waals surface area contributed by atoms with E-state index in [2.05, 4.69) is 10.6 Å². The largest absolute Gasteiger partial charge is 0.496 e. The predicted molar refractivity (Wildman–Crippen MR) is 120 cm³/mol. The number of para-hydroxylation sites is 1. The van der Waals surface area contributed by atoms with Crippen LogP contribution < -0.4 is 20.1 Å². The molecule has 6 nitrogen and oxygen atoms in total. The SMILES string of the molecule is COc1cccc(OC)c1C(=O)Nc1cccc(SCC(=O)Nc2ccccc2F)c1. The lowest BCUT2D eigenvalue weighted by Crippen LogP contribution is -2.15. The molecule has 0 aliphatic carbocycles. The van der Waals surface area contributed by atoms with Crippen molar-refractivity contribution in [2.75, 3.05) is 30.6 Å². The summed E-state index contributed by atoms with van der Waals surface area (Å²) in [7, 11) is 2.96. The van der Waals surface area contributed by atoms with Crippen LogP contribution in [0.25, 0.3) is 0 Å². The molecule has 3 rings (SSSR count). The van der Waals surface area contributed by atoms with E-state index in [-0.39, 0.29) is 28.8 Å². The first-order chi connectivity index (χ1) is 15.0. The molecule has 0 saturated heterocycles. The quantitative estimate of drug-likeness (QED) is 0.491. The number of carbonyl (C=O) groups excluding carboxylic acids is 2. The van der Waals surface area contributed by atoms with E-state index < -0.39 is 5.82 Å². The van der Waals surface area contributed by atoms with Gasteiger partial charge < -0.3 is 20.1 Å². The maximum Gasteiger partial charge on any atom is 0.263 e. The molecule has 3 aromatic carbocycles. The monoisotopic (exact) mass is 440 g/mol. The van der Waals surface area contributed by atoms with Gasteiger partial charge in [0.1, 0.15) is 22.9 Å². The molecule has 2 N–H and O–H groups in total. The Morgan fingerprint density at radius 3 is 2.26 bits per heavy atom. The van der Waals surface area contributed by atoms with Crippen LogP contribution in [-0.4, -0.2) is 31.8 Å². The average molecular weight is 440 g/mol. The van der Waals surface area contributed by atoms with Crippen LogP contribution in [0.1, 0.15) is 10.4 Å². The highest BCUT2D eigenvalue weighted by Gasteiger charge is 2.18. The topological polar surface area (TPSA) is 76.7 Å². The number of rotatable bonds is 8. The second kappa shape index (κ2) is 10.5. The molecule has 0 heterocycles. The van der Waals surface area contributed by atoms with Crippen molar-refractivity contribution in [1.82, 2.24) is 0 Å². The normalized spacial score (nSPS) is 10.3. The molecule has 0 spiro atoms. The average Bonchev–Trinajstić information content (AvgIpc) is 2.78. The molecule has 0 aliphatic heterocycles. The number of halogens is 1. The zero-order valence-electron chi connectivity index (χ0n) is 17.0. The Morgan fingerprint density at radius 2 is 1.58 bits per heavy atom. The van der Waals surface area contributed by atoms with Crippen molar-refractivity contribution in [1.29, 1.82) is 0 Å². The molecule has 0 atom stereocenters. The van der Waals surface area contributed by atoms with Gasteiger partial charge in [0.2, 0.25) is 5.91 Å². The van der Waals surface area contributed by atoms with Crippen LogP contribution in [0, 0.1) is 5.82 Å². The molecule has 0 unspecified atom stereocenters. The van der Waals surface area contributed by atoms with Gasteiger partial charge in [-0.15, -0.1) is 11.8 Å². The number of anilines is 2. The smallest absolute Gasteiger partial charge is 0.263 e. The second-order valence-electron chi connectivity index (χ2n) is 6.34. The molecular weight excluding hydrogens is 419 g/mol. The Hall–Kier alpha value is -3.52. The third-order valence-corrected chi connectivity index (χ3v) is 5.26. The van der Waals surface area contributed by atoms with Crippen LogP contribution in [0.5, 0.6) is 11.5 Å². The fourth-order valence-corrected chi connectivity index (χ4v) is 3.59. The summed E-state index contributed by atoms with van der Waals surface area (Å²) >= 11 is 1.27. The van der Waals surface area contributed by atoms with E-state index in [0.29, 0.717) is 17.2 Å². The maximum atomic E-state index is 13.7. The van der Waals surface area contributed by atoms with Crippen molar-refractivity contribution < 1.29 is 23.5 Å². The van der Waals surface area contributed by atoms with Gasteiger partial charge in [-0.05, 0) is 42.5 Å². The van der Waals surface area contributed by atoms with Crippen molar-refractivity contribution in [3.05, 3.63) is 78.1 Å². The van der Waals surface area contributed by atoms with Crippen LogP contribution >= 0.6 is 11.8 Å². The third-order valence-electron chi connectivity index (χ3n) is 4.26. The summed E-state index contributed by atoms with van der Waals surface area (Å²) in [6, 6.07) is 18.2. The van der Waals surface area contributed by atoms with Crippen molar-refractivity contribution in [2.24, 2.45) is 0 Å². The fraction of sp³-hybridized carbons (Fsp3) is 0.130. The molecule has 0 aromatic heterocycles. The number of amides is 2. The van der Waals surface area contributed by atoms with Gasteiger partial charge in [0.15, 0.2) is 0 Å². The summed E-state index contributed by atoms with van der Waals surface area (Å²) in [6.45, 7) is 0. The molecule has 0 bridgehead atoms. The van der Waals surface area contributed by atoms with E-state index >= 15 is 0 Å². The van der Waals surface area contributed by atoms with Crippen LogP contribution in [0.3, 0.4) is 0 Å². The molecule has 31 heavy (non-hydrogen) atoms. The summed E-state index contributed by atoms with van der Waals surface area (Å²) in [6.07, 6.45) is 0. The zero-order valence-corrected chi connectivity index (χ0v) is 17.8. The highest BCUT2D eigenvalue weighted by Crippen LogP contribution is 2.30. The Balaban J connectivity index is 1.65. The number of hydrogen-bond donors (Lipinski definition) is 2. The van der Waals surface area contributed by atoms with E-state index in [0.717, 1.165) is 4.90 Å². The minimum atomic E-state index is -0.489. The second-order valence-corrected chi connectivity index (χ2v) is 7.38. The first kappa shape index (κ1) is 22.2. The van der Waals surface area contributed by atoms with Crippen LogP contribution in [0.2, 0.25) is 0 Å². The van der Waals surface area contributed by atoms with Crippen molar-refractivity contribution in [2.45, 2.75) is 4.90 Å². The molecule has 0 radical (unpaired) electrons. The van der Waals surface area contributed by atoms with Crippen LogP contribution in [0.4, 0.5) is 15.8 Å². The summed E-state index contributed by atoms with van der Waals surface area (Å²) < 4.78 is 24.2. The Morgan fingerprint density at radius 1 is 0.903 bits per heavy atom. The zero-order chi connectivity index (χ0) is 22.2. The Labute approximate surface area is 183 Å². The minimum absolute atomic E-state index is 0.0894. The van der Waals surface area contributed by atoms with E-state index in [1.807, 2.05) is 6.07 Å². The Kier molecular flexibility index (Phi) is 7.50. The van der Waals surface area contributed by atoms with E-state index in [1.165, 1.54) is 38.1 Å². The summed E-state index contributed by atoms with van der Waals surface area (Å²) in [5.74, 6) is -0.319. The van der Waals surface area contributed by atoms with E-state index in [9.17, 15) is 14.0 Å². The summed E-state index contributed by atoms with van der Waals surface area (Å²) in [4.78, 5) is 25.7. The number of nitrogens with one attached hydrogen (secondary N) is 2. The van der Waals surface area contributed by atoms with Gasteiger partial charge in [-0.25, -0.2) is 4.39 Å². The molecule has 8 heteroatoms. The number of methoxy groups -OCH3 is 2. The van der Waals surface area contributed by atoms with Crippen LogP contribution in [0.15, 0.2) is 71.6 Å². The standard InChI is InChI=1S/C23H21FN2O4S/c1-29-19-11-6-12-20(30-2)22(19)23(28)25-15-7-5-8-16(13-15)31-14-21(27)26-18-10-4-3-9-17(18)24/h3-13H,14H2,1-2H3,(H,25,28)(H,26,27). The molecule has 2 amide bonds. The minimum Gasteiger partial charge on any atom is -0.496 e. The molecule has 0 aliphatic rings. The maximum absolute atomic E-state index is 13.7. The number of hydrogen-bond acceptors (Lipinski definition) is 5. The van der Waals surface area contributed by atoms with Crippen molar-refractivity contribution >= 4 is 35.0 Å². The van der Waals surface area contributed by atoms with Crippen molar-refractivity contribution in [3.63, 3.8) is 0 Å². The highest BCUT2D eigenvalue weighted by molar-refractivity contribution is 8.00. The lowest BCUT2D eigenvalue weighted by atomic mass is 10.1. The van der Waals surface area contributed by atoms with Gasteiger partial charge in [-0.1, -0.05) is 24.3 Å². The van der Waals surface area contributed by atoms with Gasteiger partial charge in [-0.3, -0.25) is 9.59 Å². The van der Waals surface area contributed by atoms with E-state index in [4.69, 9.17) is 9.47 Å². The highest BCUT2D eigenvalue weighted by atomic mass is 32.2. The first-order valence-electron chi connectivity index (χ1n) is 9.31. The lowest BCUT2D eigenvalue weighted by Gasteiger charge is -2.13. The number of carbonyl (C=O) groups is 2. The molecule has 0 fully saturated rings. The lowest BCUT2D eigenvalue weighted by molar-refractivity contribution is -0.113. The molecule has 0 saturated carbocycles. The van der Waals surface area contributed by atoms with Gasteiger partial charge in [0.25, 0.3) is 5.91 Å². The molecule has 160 valence electrons.